The molecule has 2 rings (SSSR count). The van der Waals surface area contributed by atoms with Gasteiger partial charge in [0, 0.05) is 0 Å². The van der Waals surface area contributed by atoms with Crippen LogP contribution in [-0.4, -0.2) is 12.4 Å². The van der Waals surface area contributed by atoms with Crippen molar-refractivity contribution in [2.75, 3.05) is 0 Å². The maximum Gasteiger partial charge on any atom is 0.411 e. The van der Waals surface area contributed by atoms with Crippen molar-refractivity contribution in [1.29, 1.82) is 0 Å². The molecule has 0 nitrogen and oxygen atoms in total. The molecule has 2 aromatic carbocycles. The van der Waals surface area contributed by atoms with Gasteiger partial charge in [-0.1, -0.05) is 12.1 Å². The summed E-state index contributed by atoms with van der Waals surface area (Å²) in [6.07, 6.45) is -12.3. The van der Waals surface area contributed by atoms with E-state index in [1.165, 1.54) is 0 Å². The molecule has 0 amide bonds. The fourth-order valence-electron chi connectivity index (χ4n) is 2.44. The molecule has 0 saturated carbocycles. The summed E-state index contributed by atoms with van der Waals surface area (Å²) in [5, 5.41) is 0. The molecule has 2 aromatic rings. The van der Waals surface area contributed by atoms with Crippen molar-refractivity contribution < 1.29 is 43.9 Å². The Labute approximate surface area is 133 Å². The molecule has 10 heteroatoms. The predicted octanol–water partition coefficient (Wildman–Crippen LogP) is 5.65. The van der Waals surface area contributed by atoms with Crippen molar-refractivity contribution in [3.63, 3.8) is 0 Å². The molecule has 0 atom stereocenters. The molecular weight excluding hydrogens is 370 g/mol. The van der Waals surface area contributed by atoms with Crippen molar-refractivity contribution in [3.05, 3.63) is 70.8 Å². The van der Waals surface area contributed by atoms with Crippen molar-refractivity contribution in [3.8, 4) is 0 Å². The lowest BCUT2D eigenvalue weighted by atomic mass is 9.73. The average molecular weight is 376 g/mol. The minimum absolute atomic E-state index is 0.0801. The Hall–Kier alpha value is -2.26. The monoisotopic (exact) mass is 376 g/mol. The van der Waals surface area contributed by atoms with Crippen LogP contribution in [0.25, 0.3) is 0 Å². The van der Waals surface area contributed by atoms with Gasteiger partial charge in [0.1, 0.15) is 0 Å². The van der Waals surface area contributed by atoms with E-state index < -0.39 is 52.2 Å². The summed E-state index contributed by atoms with van der Waals surface area (Å²) in [5.74, 6) is -7.27. The second-order valence-corrected chi connectivity index (χ2v) is 5.00. The minimum atomic E-state index is -6.13. The average Bonchev–Trinajstić information content (AvgIpc) is 2.44. The highest BCUT2D eigenvalue weighted by atomic mass is 19.4. The Morgan fingerprint density at radius 3 is 1.04 bits per heavy atom. The zero-order valence-electron chi connectivity index (χ0n) is 11.7. The summed E-state index contributed by atoms with van der Waals surface area (Å²) in [7, 11) is 0. The Kier molecular flexibility index (Phi) is 4.52. The Bertz CT molecular complexity index is 720. The van der Waals surface area contributed by atoms with Crippen molar-refractivity contribution in [1.82, 2.24) is 0 Å². The summed E-state index contributed by atoms with van der Waals surface area (Å²) < 4.78 is 134. The highest BCUT2D eigenvalue weighted by Crippen LogP contribution is 2.56. The van der Waals surface area contributed by atoms with Crippen LogP contribution >= 0.6 is 0 Å². The van der Waals surface area contributed by atoms with E-state index in [0.717, 1.165) is 0 Å². The summed E-state index contributed by atoms with van der Waals surface area (Å²) in [6, 6.07) is -0.232. The van der Waals surface area contributed by atoms with E-state index in [2.05, 4.69) is 0 Å². The normalized spacial score (nSPS) is 13.2. The highest BCUT2D eigenvalue weighted by Gasteiger charge is 2.72. The van der Waals surface area contributed by atoms with Gasteiger partial charge in [-0.2, -0.15) is 26.3 Å². The standard InChI is InChI=1S/C15H6F10/c16-9-3-1-7(5-11(9)18)13(14(20,21)22,15(23,24)25)8-2-4-10(17)12(19)6-8/h1-6H. The largest absolute Gasteiger partial charge is 0.411 e. The van der Waals surface area contributed by atoms with E-state index in [4.69, 9.17) is 0 Å². The molecule has 0 N–H and O–H groups in total. The number of benzene rings is 2. The lowest BCUT2D eigenvalue weighted by Crippen LogP contribution is -2.54. The minimum Gasteiger partial charge on any atom is -0.204 e. The van der Waals surface area contributed by atoms with Crippen LogP contribution in [0.15, 0.2) is 36.4 Å². The van der Waals surface area contributed by atoms with Crippen LogP contribution in [0, 0.1) is 23.3 Å². The molecule has 25 heavy (non-hydrogen) atoms. The van der Waals surface area contributed by atoms with Gasteiger partial charge in [-0.15, -0.1) is 0 Å². The van der Waals surface area contributed by atoms with Crippen molar-refractivity contribution in [2.45, 2.75) is 17.8 Å². The molecule has 0 heterocycles. The number of hydrogen-bond acceptors (Lipinski definition) is 0. The smallest absolute Gasteiger partial charge is 0.204 e. The van der Waals surface area contributed by atoms with Gasteiger partial charge in [-0.25, -0.2) is 17.6 Å². The van der Waals surface area contributed by atoms with E-state index in [9.17, 15) is 43.9 Å². The second kappa shape index (κ2) is 5.92. The Morgan fingerprint density at radius 1 is 0.480 bits per heavy atom. The first-order valence-electron chi connectivity index (χ1n) is 6.37. The molecule has 0 radical (unpaired) electrons. The third-order valence-corrected chi connectivity index (χ3v) is 3.56. The Balaban J connectivity index is 2.96. The van der Waals surface area contributed by atoms with Gasteiger partial charge >= 0.3 is 12.4 Å². The number of hydrogen-bond donors (Lipinski definition) is 0. The molecule has 0 aliphatic heterocycles. The lowest BCUT2D eigenvalue weighted by Gasteiger charge is -2.38. The zero-order valence-corrected chi connectivity index (χ0v) is 11.7. The first-order valence-corrected chi connectivity index (χ1v) is 6.37. The van der Waals surface area contributed by atoms with E-state index in [1.807, 2.05) is 0 Å². The van der Waals surface area contributed by atoms with Gasteiger partial charge < -0.3 is 0 Å². The lowest BCUT2D eigenvalue weighted by molar-refractivity contribution is -0.288. The fourth-order valence-corrected chi connectivity index (χ4v) is 2.44. The van der Waals surface area contributed by atoms with Crippen molar-refractivity contribution >= 4 is 0 Å². The van der Waals surface area contributed by atoms with Crippen LogP contribution in [-0.2, 0) is 5.41 Å². The first kappa shape index (κ1) is 19.1. The molecule has 0 saturated heterocycles. The van der Waals surface area contributed by atoms with Crippen LogP contribution < -0.4 is 0 Å². The van der Waals surface area contributed by atoms with Gasteiger partial charge in [0.15, 0.2) is 23.3 Å². The molecule has 0 aliphatic rings. The zero-order chi connectivity index (χ0) is 19.2. The van der Waals surface area contributed by atoms with Gasteiger partial charge in [-0.05, 0) is 35.4 Å². The van der Waals surface area contributed by atoms with E-state index >= 15 is 0 Å². The maximum atomic E-state index is 13.6. The SMILES string of the molecule is Fc1ccc(C(c2ccc(F)c(F)c2)(C(F)(F)F)C(F)(F)F)cc1F. The van der Waals surface area contributed by atoms with E-state index in [0.29, 0.717) is 0 Å². The van der Waals surface area contributed by atoms with Crippen molar-refractivity contribution in [2.24, 2.45) is 0 Å². The van der Waals surface area contributed by atoms with Gasteiger partial charge in [0.25, 0.3) is 0 Å². The molecule has 136 valence electrons. The third kappa shape index (κ3) is 2.93. The number of rotatable bonds is 2. The van der Waals surface area contributed by atoms with Crippen LogP contribution in [0.4, 0.5) is 43.9 Å². The number of alkyl halides is 6. The molecular formula is C15H6F10. The first-order chi connectivity index (χ1) is 11.3. The van der Waals surface area contributed by atoms with Crippen LogP contribution in [0.2, 0.25) is 0 Å². The summed E-state index contributed by atoms with van der Waals surface area (Å²) >= 11 is 0. The number of halogens is 10. The molecule has 0 spiro atoms. The van der Waals surface area contributed by atoms with Crippen LogP contribution in [0.3, 0.4) is 0 Å². The fraction of sp³-hybridized carbons (Fsp3) is 0.200. The maximum absolute atomic E-state index is 13.6. The van der Waals surface area contributed by atoms with E-state index in [1.54, 1.807) is 0 Å². The van der Waals surface area contributed by atoms with Crippen LogP contribution in [0.5, 0.6) is 0 Å². The molecule has 0 fully saturated rings. The molecule has 0 bridgehead atoms. The highest BCUT2D eigenvalue weighted by molar-refractivity contribution is 5.44. The third-order valence-electron chi connectivity index (χ3n) is 3.56. The predicted molar refractivity (Wildman–Crippen MR) is 65.6 cm³/mol. The molecule has 0 aromatic heterocycles. The topological polar surface area (TPSA) is 0 Å². The summed E-state index contributed by atoms with van der Waals surface area (Å²) in [4.78, 5) is 0. The van der Waals surface area contributed by atoms with Crippen LogP contribution in [0.1, 0.15) is 11.1 Å². The quantitative estimate of drug-likeness (QED) is 0.594. The second-order valence-electron chi connectivity index (χ2n) is 5.00. The molecule has 0 aliphatic carbocycles. The van der Waals surface area contributed by atoms with Gasteiger partial charge in [0.05, 0.1) is 0 Å². The molecule has 0 unspecified atom stereocenters. The Morgan fingerprint density at radius 2 is 0.800 bits per heavy atom. The van der Waals surface area contributed by atoms with Gasteiger partial charge in [-0.3, -0.25) is 0 Å². The summed E-state index contributed by atoms with van der Waals surface area (Å²) in [6.45, 7) is 0. The van der Waals surface area contributed by atoms with E-state index in [-0.39, 0.29) is 36.4 Å². The van der Waals surface area contributed by atoms with Gasteiger partial charge in [0.2, 0.25) is 5.41 Å². The summed E-state index contributed by atoms with van der Waals surface area (Å²) in [5.41, 5.74) is -8.34.